The molecule has 47 heteroatoms. The van der Waals surface area contributed by atoms with Crippen molar-refractivity contribution in [3.8, 4) is 68.0 Å². The van der Waals surface area contributed by atoms with Gasteiger partial charge in [0.05, 0.1) is 21.3 Å². The number of aromatic amines is 5. The molecular weight excluding hydrogens is 2000 g/mol. The average molecular weight is 2090 g/mol. The van der Waals surface area contributed by atoms with Gasteiger partial charge in [0, 0.05) is 138 Å². The highest BCUT2D eigenvalue weighted by Crippen LogP contribution is 2.37. The summed E-state index contributed by atoms with van der Waals surface area (Å²) in [5, 5.41) is 23.6. The number of ether oxygens (including phenoxy) is 2. The number of nitrogens with two attached hydrogens (primary N) is 1. The van der Waals surface area contributed by atoms with Gasteiger partial charge in [0.2, 0.25) is 30.0 Å². The third kappa shape index (κ3) is 25.2. The number of nitrogens with one attached hydrogen (secondary N) is 13. The normalized spacial score (nSPS) is 11.4. The number of imidazole rings is 4. The Morgan fingerprint density at radius 2 is 0.824 bits per heavy atom. The van der Waals surface area contributed by atoms with Crippen LogP contribution >= 0.6 is 21.8 Å². The van der Waals surface area contributed by atoms with Crippen LogP contribution in [0.1, 0.15) is 108 Å². The average Bonchev–Trinajstić information content (AvgIpc) is 1.64. The summed E-state index contributed by atoms with van der Waals surface area (Å²) < 4.78 is 142. The standard InChI is InChI=1S/C27H21F3N6O2.C25H20FN7O4S2.C25H22FN5O3S.C24H20FN5O5S/c1-14-5-10-17(12-20(14)34-24(37)19-13-32-23-18(19)4-3-11-31-23)33-25(38)22-21(15-6-8-16(28)9-7-15)35-26(36-22)27(2,29)30;1-12-3-8-15(9-17(12)31-23(34)16-10-38-21-19(16)28-11-29-22(21)27)30-24(35)20-18(13-4-6-14(26)7-5-13)32-25(33-20)39(2,36)37;1-27-23(32)20-14-19(12-13-28-20)34-18-10-8-17(9-11-18)29-24(33)22-21(30-25(31-22)35(2)3)15-4-6-16(26)7-5-15;1-26-22(31)19-13-18(11-12-27-19)35-17-9-7-16(8-10-17)28-23(32)21-20(14-3-5-15(25)6-4-14)29-24(30-21)36(2,33)34/h3-13H,1-2H3,(H,31,32)(H,33,38)(H,34,37)(H,35,36);3-11H,1-2H3,(H,30,35)(H,31,34)(H,32,33)(H2,27,28,29);4-14H,2H2,1,3H3,(H,27,32)(H,29,33)(H,30,31);3-13H,1-2H3,(H,26,31)(H,28,32)(H,29,30). The van der Waals surface area contributed by atoms with E-state index in [1.807, 2.05) is 6.26 Å². The van der Waals surface area contributed by atoms with Crippen molar-refractivity contribution in [3.05, 3.63) is 340 Å². The van der Waals surface area contributed by atoms with E-state index in [1.165, 1.54) is 129 Å². The number of H-pyrrole nitrogens is 5. The molecule has 18 rings (SSSR count). The van der Waals surface area contributed by atoms with Crippen LogP contribution in [0.3, 0.4) is 0 Å². The Morgan fingerprint density at radius 3 is 1.24 bits per heavy atom. The van der Waals surface area contributed by atoms with Crippen LogP contribution in [-0.4, -0.2) is 173 Å². The van der Waals surface area contributed by atoms with Crippen LogP contribution in [0.25, 0.3) is 66.3 Å². The van der Waals surface area contributed by atoms with Crippen molar-refractivity contribution in [2.75, 3.05) is 70.5 Å². The highest BCUT2D eigenvalue weighted by atomic mass is 32.2. The SMILES string of the molecule is C=S(C)c1nc(-c2ccc(F)cc2)c(C(=O)Nc2ccc(Oc3ccnc(C(=O)NC)c3)cc2)[nH]1.CNC(=O)c1cc(Oc2ccc(NC(=O)c3[nH]c(S(C)(=O)=O)nc3-c3ccc(F)cc3)cc2)ccn1.Cc1ccc(NC(=O)c2[nH]c(C(C)(F)F)nc2-c2ccc(F)cc2)cc1NC(=O)c1c[nH]c2ncccc12.Cc1ccc(NC(=O)c2[nH]c(S(C)(=O)=O)nc2-c2ccc(F)cc2)cc1NC(=O)c1csc2c(N)ncnc12. The van der Waals surface area contributed by atoms with Gasteiger partial charge in [-0.05, 0) is 225 Å². The van der Waals surface area contributed by atoms with E-state index in [4.69, 9.17) is 15.2 Å². The molecule has 8 amide bonds. The third-order valence-corrected chi connectivity index (χ3v) is 25.1. The lowest BCUT2D eigenvalue weighted by molar-refractivity contribution is 0.00853. The topological polar surface area (TPSA) is 541 Å². The molecule has 0 fully saturated rings. The van der Waals surface area contributed by atoms with Crippen LogP contribution in [0.5, 0.6) is 23.0 Å². The molecule has 0 saturated carbocycles. The molecule has 752 valence electrons. The molecule has 0 radical (unpaired) electrons. The monoisotopic (exact) mass is 2080 g/mol. The number of alkyl halides is 2. The maximum absolute atomic E-state index is 14.0. The fraction of sp³-hybridized carbons (Fsp3) is 0.0891. The summed E-state index contributed by atoms with van der Waals surface area (Å²) >= 11 is 1.26. The fourth-order valence-electron chi connectivity index (χ4n) is 14.0. The summed E-state index contributed by atoms with van der Waals surface area (Å²) in [5.74, 6) is -3.78. The Balaban J connectivity index is 0.000000148. The number of hydrogen-bond acceptors (Lipinski definition) is 25. The van der Waals surface area contributed by atoms with Gasteiger partial charge in [-0.2, -0.15) is 8.78 Å². The van der Waals surface area contributed by atoms with Gasteiger partial charge in [0.25, 0.3) is 47.3 Å². The van der Waals surface area contributed by atoms with E-state index in [1.54, 1.807) is 153 Å². The van der Waals surface area contributed by atoms with E-state index in [0.717, 1.165) is 35.8 Å². The second-order valence-corrected chi connectivity index (χ2v) is 38.7. The molecule has 8 aromatic carbocycles. The smallest absolute Gasteiger partial charge is 0.301 e. The molecule has 15 N–H and O–H groups in total. The van der Waals surface area contributed by atoms with Gasteiger partial charge in [-0.3, -0.25) is 48.3 Å². The van der Waals surface area contributed by atoms with Crippen LogP contribution in [0.15, 0.2) is 270 Å². The summed E-state index contributed by atoms with van der Waals surface area (Å²) in [7, 11) is -4.95. The largest absolute Gasteiger partial charge is 0.457 e. The first kappa shape index (κ1) is 104. The molecule has 148 heavy (non-hydrogen) atoms. The number of pyridine rings is 3. The molecule has 10 aromatic heterocycles. The molecule has 0 saturated heterocycles. The highest BCUT2D eigenvalue weighted by molar-refractivity contribution is 8.13. The summed E-state index contributed by atoms with van der Waals surface area (Å²) in [6.45, 7) is 4.23. The van der Waals surface area contributed by atoms with E-state index >= 15 is 0 Å². The first-order valence-electron chi connectivity index (χ1n) is 43.7. The lowest BCUT2D eigenvalue weighted by Gasteiger charge is -2.12. The van der Waals surface area contributed by atoms with Crippen molar-refractivity contribution in [2.24, 2.45) is 0 Å². The summed E-state index contributed by atoms with van der Waals surface area (Å²) in [6, 6.07) is 53.7. The Morgan fingerprint density at radius 1 is 0.432 bits per heavy atom. The second-order valence-electron chi connectivity index (χ2n) is 32.3. The lowest BCUT2D eigenvalue weighted by Crippen LogP contribution is -2.18. The van der Waals surface area contributed by atoms with Gasteiger partial charge in [0.15, 0.2) is 11.0 Å². The number of benzene rings is 8. The quantitative estimate of drug-likeness (QED) is 0.0177. The Bertz CT molecular complexity index is 8420. The van der Waals surface area contributed by atoms with Gasteiger partial charge in [-0.25, -0.2) is 69.3 Å². The number of nitrogen functional groups attached to an aromatic ring is 1. The maximum Gasteiger partial charge on any atom is 0.301 e. The van der Waals surface area contributed by atoms with Crippen LogP contribution in [0, 0.1) is 37.1 Å². The van der Waals surface area contributed by atoms with Crippen molar-refractivity contribution < 1.29 is 91.0 Å². The highest BCUT2D eigenvalue weighted by Gasteiger charge is 2.34. The lowest BCUT2D eigenvalue weighted by atomic mass is 10.1. The molecule has 10 heterocycles. The molecule has 0 aliphatic carbocycles. The number of amides is 8. The summed E-state index contributed by atoms with van der Waals surface area (Å²) in [5.41, 5.74) is 13.8. The number of rotatable bonds is 26. The zero-order valence-electron chi connectivity index (χ0n) is 78.7. The number of sulfone groups is 2. The number of carbonyl (C=O) groups excluding carboxylic acids is 8. The van der Waals surface area contributed by atoms with Crippen molar-refractivity contribution >= 4 is 156 Å². The van der Waals surface area contributed by atoms with Gasteiger partial charge < -0.3 is 82.7 Å². The maximum atomic E-state index is 14.0. The van der Waals surface area contributed by atoms with Gasteiger partial charge in [-0.1, -0.05) is 18.0 Å². The molecule has 1 unspecified atom stereocenters. The van der Waals surface area contributed by atoms with E-state index in [2.05, 4.69) is 118 Å². The number of carbonyl (C=O) groups is 8. The van der Waals surface area contributed by atoms with Gasteiger partial charge >= 0.3 is 5.92 Å². The van der Waals surface area contributed by atoms with Gasteiger partial charge in [-0.15, -0.1) is 21.8 Å². The number of nitrogens with zero attached hydrogens (tertiary/aromatic N) is 9. The molecule has 0 aliphatic heterocycles. The number of aromatic nitrogens is 14. The number of fused-ring (bicyclic) bond motifs is 2. The first-order chi connectivity index (χ1) is 70.6. The van der Waals surface area contributed by atoms with Crippen molar-refractivity contribution in [1.82, 2.24) is 80.4 Å². The molecule has 0 spiro atoms. The Labute approximate surface area is 843 Å². The number of halogens is 6. The second kappa shape index (κ2) is 44.6. The Hall–Kier alpha value is -18.5. The van der Waals surface area contributed by atoms with Gasteiger partial charge in [0.1, 0.15) is 121 Å². The fourth-order valence-corrected chi connectivity index (χ4v) is 16.5. The molecule has 37 nitrogen and oxygen atoms in total. The molecule has 0 bridgehead atoms. The summed E-state index contributed by atoms with van der Waals surface area (Å²) in [6.07, 6.45) is 11.2. The number of anilines is 7. The number of aryl methyl sites for hydroxylation is 2. The molecular formula is C101H83F6N23O14S4. The first-order valence-corrected chi connectivity index (χ1v) is 50.1. The van der Waals surface area contributed by atoms with E-state index in [0.29, 0.717) is 124 Å². The van der Waals surface area contributed by atoms with Crippen LogP contribution in [-0.2, 0) is 25.6 Å². The van der Waals surface area contributed by atoms with Crippen LogP contribution in [0.2, 0.25) is 0 Å². The Kier molecular flexibility index (Phi) is 31.3. The third-order valence-electron chi connectivity index (χ3n) is 21.5. The van der Waals surface area contributed by atoms with Crippen LogP contribution in [0.4, 0.5) is 66.3 Å². The minimum atomic E-state index is -3.78. The minimum Gasteiger partial charge on any atom is -0.457 e. The summed E-state index contributed by atoms with van der Waals surface area (Å²) in [4.78, 5) is 152. The van der Waals surface area contributed by atoms with E-state index in [-0.39, 0.29) is 91.3 Å². The predicted molar refractivity (Wildman–Crippen MR) is 547 cm³/mol. The number of hydrogen-bond donors (Lipinski definition) is 14. The minimum absolute atomic E-state index is 0.0409. The molecule has 0 aliphatic rings. The zero-order valence-corrected chi connectivity index (χ0v) is 81.9. The molecule has 18 aromatic rings. The van der Waals surface area contributed by atoms with E-state index < -0.39 is 94.0 Å². The van der Waals surface area contributed by atoms with Crippen molar-refractivity contribution in [3.63, 3.8) is 0 Å². The van der Waals surface area contributed by atoms with Crippen LogP contribution < -0.4 is 57.7 Å². The van der Waals surface area contributed by atoms with E-state index in [9.17, 15) is 81.5 Å². The molecule has 1 atom stereocenters. The van der Waals surface area contributed by atoms with Crippen molar-refractivity contribution in [1.29, 1.82) is 0 Å². The number of thiophene rings is 1. The van der Waals surface area contributed by atoms with Crippen molar-refractivity contribution in [2.45, 2.75) is 42.2 Å². The zero-order chi connectivity index (χ0) is 106. The predicted octanol–water partition coefficient (Wildman–Crippen LogP) is 18.2.